The van der Waals surface area contributed by atoms with Gasteiger partial charge in [-0.3, -0.25) is 4.79 Å². The molecular formula is C18H14ClNO2. The second-order valence-corrected chi connectivity index (χ2v) is 5.40. The van der Waals surface area contributed by atoms with Crippen molar-refractivity contribution in [2.75, 3.05) is 0 Å². The lowest BCUT2D eigenvalue weighted by atomic mass is 10.1. The Morgan fingerprint density at radius 3 is 2.45 bits per heavy atom. The van der Waals surface area contributed by atoms with Crippen LogP contribution in [0.5, 0.6) is 5.75 Å². The Bertz CT molecular complexity index is 806. The Morgan fingerprint density at radius 1 is 1.00 bits per heavy atom. The maximum absolute atomic E-state index is 12.6. The molecule has 0 saturated heterocycles. The molecule has 1 N–H and O–H groups in total. The van der Waals surface area contributed by atoms with Gasteiger partial charge in [-0.1, -0.05) is 35.9 Å². The Kier molecular flexibility index (Phi) is 3.98. The molecule has 0 aliphatic carbocycles. The maximum Gasteiger partial charge on any atom is 0.210 e. The van der Waals surface area contributed by atoms with E-state index in [-0.39, 0.29) is 11.5 Å². The van der Waals surface area contributed by atoms with Crippen LogP contribution >= 0.6 is 11.6 Å². The van der Waals surface area contributed by atoms with E-state index < -0.39 is 0 Å². The van der Waals surface area contributed by atoms with Gasteiger partial charge in [0.25, 0.3) is 0 Å². The number of benzene rings is 2. The molecule has 3 aromatic rings. The predicted molar refractivity (Wildman–Crippen MR) is 86.5 cm³/mol. The standard InChI is InChI=1S/C18H14ClNO2/c19-16-5-2-1-4-15(16)18(22)17-6-3-11-20(17)12-13-7-9-14(21)10-8-13/h1-11,21H,12H2. The monoisotopic (exact) mass is 311 g/mol. The second-order valence-electron chi connectivity index (χ2n) is 5.00. The molecule has 0 radical (unpaired) electrons. The van der Waals surface area contributed by atoms with E-state index in [0.29, 0.717) is 22.8 Å². The molecule has 0 fully saturated rings. The average Bonchev–Trinajstić information content (AvgIpc) is 2.97. The molecule has 4 heteroatoms. The van der Waals surface area contributed by atoms with E-state index in [1.165, 1.54) is 0 Å². The lowest BCUT2D eigenvalue weighted by Gasteiger charge is -2.10. The zero-order chi connectivity index (χ0) is 15.5. The number of phenolic OH excluding ortho intramolecular Hbond substituents is 1. The minimum Gasteiger partial charge on any atom is -0.508 e. The van der Waals surface area contributed by atoms with E-state index in [9.17, 15) is 9.90 Å². The fraction of sp³-hybridized carbons (Fsp3) is 0.0556. The molecular weight excluding hydrogens is 298 g/mol. The lowest BCUT2D eigenvalue weighted by molar-refractivity contribution is 0.103. The topological polar surface area (TPSA) is 42.2 Å². The number of carbonyl (C=O) groups is 1. The maximum atomic E-state index is 12.6. The van der Waals surface area contributed by atoms with Gasteiger partial charge in [-0.05, 0) is 42.0 Å². The molecule has 0 saturated carbocycles. The van der Waals surface area contributed by atoms with Crippen LogP contribution in [0.4, 0.5) is 0 Å². The van der Waals surface area contributed by atoms with E-state index in [2.05, 4.69) is 0 Å². The number of hydrogen-bond acceptors (Lipinski definition) is 2. The number of aromatic hydroxyl groups is 1. The third-order valence-corrected chi connectivity index (χ3v) is 3.80. The largest absolute Gasteiger partial charge is 0.508 e. The summed E-state index contributed by atoms with van der Waals surface area (Å²) in [6.07, 6.45) is 1.86. The molecule has 3 nitrogen and oxygen atoms in total. The molecule has 0 aliphatic heterocycles. The quantitative estimate of drug-likeness (QED) is 0.736. The fourth-order valence-electron chi connectivity index (χ4n) is 2.34. The van der Waals surface area contributed by atoms with E-state index in [0.717, 1.165) is 5.56 Å². The zero-order valence-corrected chi connectivity index (χ0v) is 12.5. The van der Waals surface area contributed by atoms with Gasteiger partial charge in [0.1, 0.15) is 5.75 Å². The van der Waals surface area contributed by atoms with Gasteiger partial charge >= 0.3 is 0 Å². The van der Waals surface area contributed by atoms with Gasteiger partial charge < -0.3 is 9.67 Å². The fourth-order valence-corrected chi connectivity index (χ4v) is 2.56. The highest BCUT2D eigenvalue weighted by Crippen LogP contribution is 2.20. The van der Waals surface area contributed by atoms with Crippen LogP contribution in [0.15, 0.2) is 66.9 Å². The zero-order valence-electron chi connectivity index (χ0n) is 11.7. The second kappa shape index (κ2) is 6.08. The van der Waals surface area contributed by atoms with Crippen LogP contribution in [-0.2, 0) is 6.54 Å². The van der Waals surface area contributed by atoms with Gasteiger partial charge in [-0.15, -0.1) is 0 Å². The minimum atomic E-state index is -0.102. The molecule has 110 valence electrons. The molecule has 0 unspecified atom stereocenters. The third-order valence-electron chi connectivity index (χ3n) is 3.47. The van der Waals surface area contributed by atoms with Gasteiger partial charge in [-0.2, -0.15) is 0 Å². The first-order valence-electron chi connectivity index (χ1n) is 6.87. The average molecular weight is 312 g/mol. The van der Waals surface area contributed by atoms with Crippen LogP contribution in [0.3, 0.4) is 0 Å². The highest BCUT2D eigenvalue weighted by atomic mass is 35.5. The Balaban J connectivity index is 1.90. The molecule has 22 heavy (non-hydrogen) atoms. The van der Waals surface area contributed by atoms with Crippen LogP contribution in [0.25, 0.3) is 0 Å². The smallest absolute Gasteiger partial charge is 0.210 e. The van der Waals surface area contributed by atoms with Crippen molar-refractivity contribution in [1.82, 2.24) is 4.57 Å². The summed E-state index contributed by atoms with van der Waals surface area (Å²) in [5.74, 6) is 0.123. The normalized spacial score (nSPS) is 10.6. The SMILES string of the molecule is O=C(c1ccccc1Cl)c1cccn1Cc1ccc(O)cc1. The molecule has 0 atom stereocenters. The third kappa shape index (κ3) is 2.90. The van der Waals surface area contributed by atoms with Crippen molar-refractivity contribution in [3.8, 4) is 5.75 Å². The van der Waals surface area contributed by atoms with Crippen molar-refractivity contribution in [2.45, 2.75) is 6.54 Å². The summed E-state index contributed by atoms with van der Waals surface area (Å²) < 4.78 is 1.87. The van der Waals surface area contributed by atoms with Gasteiger partial charge in [0.2, 0.25) is 5.78 Å². The summed E-state index contributed by atoms with van der Waals surface area (Å²) in [5.41, 5.74) is 2.08. The number of ketones is 1. The van der Waals surface area contributed by atoms with Crippen LogP contribution in [0.2, 0.25) is 5.02 Å². The van der Waals surface area contributed by atoms with Crippen molar-refractivity contribution < 1.29 is 9.90 Å². The number of phenols is 1. The van der Waals surface area contributed by atoms with Crippen LogP contribution < -0.4 is 0 Å². The van der Waals surface area contributed by atoms with E-state index in [4.69, 9.17) is 11.6 Å². The van der Waals surface area contributed by atoms with Crippen molar-refractivity contribution in [3.63, 3.8) is 0 Å². The number of aromatic nitrogens is 1. The Morgan fingerprint density at radius 2 is 1.73 bits per heavy atom. The number of halogens is 1. The number of nitrogens with zero attached hydrogens (tertiary/aromatic N) is 1. The molecule has 2 aromatic carbocycles. The predicted octanol–water partition coefficient (Wildman–Crippen LogP) is 4.13. The lowest BCUT2D eigenvalue weighted by Crippen LogP contribution is -2.11. The summed E-state index contributed by atoms with van der Waals surface area (Å²) >= 11 is 6.11. The molecule has 0 bridgehead atoms. The number of carbonyl (C=O) groups excluding carboxylic acids is 1. The molecule has 0 amide bonds. The summed E-state index contributed by atoms with van der Waals surface area (Å²) in [7, 11) is 0. The van der Waals surface area contributed by atoms with Gasteiger partial charge in [0.15, 0.2) is 0 Å². The van der Waals surface area contributed by atoms with Gasteiger partial charge in [0.05, 0.1) is 10.7 Å². The first-order chi connectivity index (χ1) is 10.6. The minimum absolute atomic E-state index is 0.102. The van der Waals surface area contributed by atoms with Crippen LogP contribution in [0.1, 0.15) is 21.6 Å². The molecule has 1 heterocycles. The molecule has 0 aliphatic rings. The van der Waals surface area contributed by atoms with Crippen LogP contribution in [0, 0.1) is 0 Å². The highest BCUT2D eigenvalue weighted by molar-refractivity contribution is 6.34. The summed E-state index contributed by atoms with van der Waals surface area (Å²) in [5, 5.41) is 9.78. The van der Waals surface area contributed by atoms with E-state index >= 15 is 0 Å². The highest BCUT2D eigenvalue weighted by Gasteiger charge is 2.16. The number of rotatable bonds is 4. The van der Waals surface area contributed by atoms with Crippen molar-refractivity contribution >= 4 is 17.4 Å². The summed E-state index contributed by atoms with van der Waals surface area (Å²) in [6.45, 7) is 0.554. The molecule has 3 rings (SSSR count). The molecule has 0 spiro atoms. The molecule has 1 aromatic heterocycles. The van der Waals surface area contributed by atoms with Gasteiger partial charge in [-0.25, -0.2) is 0 Å². The van der Waals surface area contributed by atoms with E-state index in [1.807, 2.05) is 29.0 Å². The Labute approximate surface area is 133 Å². The van der Waals surface area contributed by atoms with Crippen molar-refractivity contribution in [2.24, 2.45) is 0 Å². The summed E-state index contributed by atoms with van der Waals surface area (Å²) in [6, 6.07) is 17.6. The van der Waals surface area contributed by atoms with Crippen LogP contribution in [-0.4, -0.2) is 15.5 Å². The first-order valence-corrected chi connectivity index (χ1v) is 7.25. The Hall–Kier alpha value is -2.52. The van der Waals surface area contributed by atoms with Gasteiger partial charge in [0, 0.05) is 18.3 Å². The van der Waals surface area contributed by atoms with E-state index in [1.54, 1.807) is 42.5 Å². The number of hydrogen-bond donors (Lipinski definition) is 1. The van der Waals surface area contributed by atoms with Crippen molar-refractivity contribution in [1.29, 1.82) is 0 Å². The first kappa shape index (κ1) is 14.4. The summed E-state index contributed by atoms with van der Waals surface area (Å²) in [4.78, 5) is 12.6. The van der Waals surface area contributed by atoms with Crippen molar-refractivity contribution in [3.05, 3.63) is 88.7 Å².